The van der Waals surface area contributed by atoms with Crippen molar-refractivity contribution in [2.45, 2.75) is 18.8 Å². The number of ether oxygens (including phenoxy) is 2. The number of aliphatic hydroxyl groups is 1. The second-order valence-electron chi connectivity index (χ2n) is 6.80. The van der Waals surface area contributed by atoms with Gasteiger partial charge in [-0.3, -0.25) is 0 Å². The van der Waals surface area contributed by atoms with Crippen molar-refractivity contribution < 1.29 is 32.5 Å². The molecule has 1 heterocycles. The molecule has 1 aliphatic heterocycles. The van der Waals surface area contributed by atoms with Gasteiger partial charge in [-0.15, -0.1) is 0 Å². The molecule has 0 bridgehead atoms. The minimum Gasteiger partial charge on any atom is -0.496 e. The molecule has 0 saturated carbocycles. The van der Waals surface area contributed by atoms with E-state index in [1.165, 1.54) is 31.3 Å². The number of carbonyl (C=O) groups is 1. The second kappa shape index (κ2) is 9.18. The molecule has 164 valence electrons. The Kier molecular flexibility index (Phi) is 6.61. The van der Waals surface area contributed by atoms with Gasteiger partial charge in [0.25, 0.3) is 0 Å². The molecule has 6 nitrogen and oxygen atoms in total. The number of fused-ring (bicyclic) bond motifs is 1. The maximum Gasteiger partial charge on any atom is 0.416 e. The monoisotopic (exact) mass is 434 g/mol. The lowest BCUT2D eigenvalue weighted by Gasteiger charge is -2.33. The number of nitrogens with one attached hydrogen (secondary N) is 1. The van der Waals surface area contributed by atoms with Crippen LogP contribution in [0.2, 0.25) is 0 Å². The van der Waals surface area contributed by atoms with Crippen molar-refractivity contribution in [3.8, 4) is 23.3 Å². The maximum absolute atomic E-state index is 12.8. The van der Waals surface area contributed by atoms with E-state index in [4.69, 9.17) is 9.47 Å². The van der Waals surface area contributed by atoms with Crippen molar-refractivity contribution in [1.82, 2.24) is 10.2 Å². The summed E-state index contributed by atoms with van der Waals surface area (Å²) in [6.45, 7) is 0.173. The summed E-state index contributed by atoms with van der Waals surface area (Å²) in [6, 6.07) is 7.59. The van der Waals surface area contributed by atoms with E-state index in [2.05, 4.69) is 17.2 Å². The van der Waals surface area contributed by atoms with Crippen LogP contribution in [0.3, 0.4) is 0 Å². The molecule has 0 saturated heterocycles. The van der Waals surface area contributed by atoms with E-state index in [0.717, 1.165) is 12.1 Å². The normalized spacial score (nSPS) is 15.4. The predicted molar refractivity (Wildman–Crippen MR) is 107 cm³/mol. The molecule has 0 aromatic heterocycles. The number of amides is 2. The Hall–Kier alpha value is -3.38. The fraction of sp³-hybridized carbons (Fsp3) is 0.318. The second-order valence-corrected chi connectivity index (χ2v) is 6.80. The van der Waals surface area contributed by atoms with Crippen LogP contribution in [0.15, 0.2) is 36.4 Å². The van der Waals surface area contributed by atoms with Gasteiger partial charge < -0.3 is 24.8 Å². The Morgan fingerprint density at radius 3 is 2.61 bits per heavy atom. The van der Waals surface area contributed by atoms with Gasteiger partial charge in [-0.25, -0.2) is 4.79 Å². The van der Waals surface area contributed by atoms with Crippen molar-refractivity contribution in [2.24, 2.45) is 0 Å². The first-order valence-corrected chi connectivity index (χ1v) is 9.35. The Labute approximate surface area is 177 Å². The minimum atomic E-state index is -4.44. The van der Waals surface area contributed by atoms with Crippen molar-refractivity contribution in [1.29, 1.82) is 0 Å². The van der Waals surface area contributed by atoms with E-state index in [9.17, 15) is 23.1 Å². The molecule has 2 amide bonds. The van der Waals surface area contributed by atoms with Crippen LogP contribution in [-0.4, -0.2) is 43.3 Å². The Balaban J connectivity index is 1.67. The van der Waals surface area contributed by atoms with E-state index in [1.807, 2.05) is 0 Å². The number of halogens is 3. The van der Waals surface area contributed by atoms with Gasteiger partial charge in [-0.1, -0.05) is 17.9 Å². The van der Waals surface area contributed by atoms with Crippen LogP contribution in [-0.2, 0) is 12.7 Å². The zero-order valence-corrected chi connectivity index (χ0v) is 16.9. The van der Waals surface area contributed by atoms with Gasteiger partial charge in [0.05, 0.1) is 39.4 Å². The summed E-state index contributed by atoms with van der Waals surface area (Å²) in [7, 11) is 2.99. The molecule has 0 spiro atoms. The zero-order chi connectivity index (χ0) is 22.6. The quantitative estimate of drug-likeness (QED) is 0.728. The molecule has 9 heteroatoms. The Bertz CT molecular complexity index is 1030. The predicted octanol–water partition coefficient (Wildman–Crippen LogP) is 3.33. The smallest absolute Gasteiger partial charge is 0.416 e. The molecule has 1 atom stereocenters. The third-order valence-corrected chi connectivity index (χ3v) is 4.83. The summed E-state index contributed by atoms with van der Waals surface area (Å²) in [5, 5.41) is 13.1. The number of hydrogen-bond donors (Lipinski definition) is 2. The highest BCUT2D eigenvalue weighted by atomic mass is 19.4. The molecule has 2 aromatic rings. The molecule has 2 N–H and O–H groups in total. The molecule has 0 radical (unpaired) electrons. The van der Waals surface area contributed by atoms with Crippen LogP contribution in [0.4, 0.5) is 18.0 Å². The first-order valence-electron chi connectivity index (χ1n) is 9.35. The topological polar surface area (TPSA) is 71.0 Å². The maximum atomic E-state index is 12.8. The van der Waals surface area contributed by atoms with Crippen LogP contribution in [0, 0.1) is 11.8 Å². The number of rotatable bonds is 3. The Morgan fingerprint density at radius 2 is 1.94 bits per heavy atom. The summed E-state index contributed by atoms with van der Waals surface area (Å²) < 4.78 is 48.9. The Morgan fingerprint density at radius 1 is 1.23 bits per heavy atom. The van der Waals surface area contributed by atoms with Crippen molar-refractivity contribution >= 4 is 6.03 Å². The molecule has 0 aliphatic carbocycles. The molecule has 2 aromatic carbocycles. The summed E-state index contributed by atoms with van der Waals surface area (Å²) in [4.78, 5) is 13.9. The lowest BCUT2D eigenvalue weighted by molar-refractivity contribution is -0.137. The van der Waals surface area contributed by atoms with Crippen LogP contribution >= 0.6 is 0 Å². The number of aliphatic hydroxyl groups excluding tert-OH is 1. The number of hydrogen-bond acceptors (Lipinski definition) is 4. The number of methoxy groups -OCH3 is 2. The molecule has 31 heavy (non-hydrogen) atoms. The van der Waals surface area contributed by atoms with Crippen molar-refractivity contribution in [3.05, 3.63) is 58.7 Å². The summed E-state index contributed by atoms with van der Waals surface area (Å²) >= 11 is 0. The highest BCUT2D eigenvalue weighted by Crippen LogP contribution is 2.39. The van der Waals surface area contributed by atoms with Crippen LogP contribution in [0.25, 0.3) is 0 Å². The van der Waals surface area contributed by atoms with E-state index in [1.54, 1.807) is 12.1 Å². The SMILES string of the molecule is COc1ccc(OC)c2c1CN(C(=O)NCC#Cc1cccc(C(F)(F)F)c1)CC2O. The third-order valence-electron chi connectivity index (χ3n) is 4.83. The molecular weight excluding hydrogens is 413 g/mol. The number of carbonyl (C=O) groups excluding carboxylic acids is 1. The fourth-order valence-corrected chi connectivity index (χ4v) is 3.38. The number of urea groups is 1. The standard InChI is InChI=1S/C22H21F3N2O4/c1-30-18-8-9-19(31-2)20-16(18)12-27(13-17(20)28)21(29)26-10-4-6-14-5-3-7-15(11-14)22(23,24)25/h3,5,7-9,11,17,28H,10,12-13H2,1-2H3,(H,26,29). The lowest BCUT2D eigenvalue weighted by Crippen LogP contribution is -2.44. The minimum absolute atomic E-state index is 0.0451. The molecule has 1 unspecified atom stereocenters. The van der Waals surface area contributed by atoms with Gasteiger partial charge >= 0.3 is 12.2 Å². The van der Waals surface area contributed by atoms with Gasteiger partial charge in [0.2, 0.25) is 0 Å². The number of nitrogens with zero attached hydrogens (tertiary/aromatic N) is 1. The average Bonchev–Trinajstić information content (AvgIpc) is 2.75. The van der Waals surface area contributed by atoms with Crippen LogP contribution in [0.5, 0.6) is 11.5 Å². The highest BCUT2D eigenvalue weighted by Gasteiger charge is 2.32. The van der Waals surface area contributed by atoms with E-state index in [-0.39, 0.29) is 25.2 Å². The number of β-amino-alcohol motifs (C(OH)–C–C–N with tert-alkyl or cyclic N) is 1. The van der Waals surface area contributed by atoms with E-state index >= 15 is 0 Å². The lowest BCUT2D eigenvalue weighted by atomic mass is 9.95. The summed E-state index contributed by atoms with van der Waals surface area (Å²) in [5.41, 5.74) is 0.637. The zero-order valence-electron chi connectivity index (χ0n) is 16.9. The number of alkyl halides is 3. The highest BCUT2D eigenvalue weighted by molar-refractivity contribution is 5.75. The summed E-state index contributed by atoms with van der Waals surface area (Å²) in [6.07, 6.45) is -5.41. The van der Waals surface area contributed by atoms with Gasteiger partial charge in [-0.05, 0) is 30.3 Å². The van der Waals surface area contributed by atoms with Gasteiger partial charge in [0.15, 0.2) is 0 Å². The first kappa shape index (κ1) is 22.3. The van der Waals surface area contributed by atoms with Crippen molar-refractivity contribution in [3.63, 3.8) is 0 Å². The summed E-state index contributed by atoms with van der Waals surface area (Å²) in [5.74, 6) is 6.28. The third kappa shape index (κ3) is 5.03. The molecule has 3 rings (SSSR count). The van der Waals surface area contributed by atoms with Crippen LogP contribution < -0.4 is 14.8 Å². The molecule has 0 fully saturated rings. The number of benzene rings is 2. The van der Waals surface area contributed by atoms with Gasteiger partial charge in [0.1, 0.15) is 17.6 Å². The van der Waals surface area contributed by atoms with Crippen LogP contribution in [0.1, 0.15) is 28.4 Å². The fourth-order valence-electron chi connectivity index (χ4n) is 3.38. The van der Waals surface area contributed by atoms with Gasteiger partial charge in [-0.2, -0.15) is 13.2 Å². The van der Waals surface area contributed by atoms with Crippen molar-refractivity contribution in [2.75, 3.05) is 27.3 Å². The van der Waals surface area contributed by atoms with E-state index < -0.39 is 23.9 Å². The van der Waals surface area contributed by atoms with E-state index in [0.29, 0.717) is 22.6 Å². The molecular formula is C22H21F3N2O4. The average molecular weight is 434 g/mol. The molecule has 1 aliphatic rings. The van der Waals surface area contributed by atoms with Gasteiger partial charge in [0, 0.05) is 16.7 Å². The largest absolute Gasteiger partial charge is 0.496 e. The first-order chi connectivity index (χ1) is 14.7.